The molecule has 0 aliphatic heterocycles. The molecule has 1 N–H and O–H groups in total. The summed E-state index contributed by atoms with van der Waals surface area (Å²) in [5.74, 6) is -0.0639. The fraction of sp³-hybridized carbons (Fsp3) is 0.462. The smallest absolute Gasteiger partial charge is 0.233 e. The second-order valence-corrected chi connectivity index (χ2v) is 6.73. The maximum atomic E-state index is 12.0. The maximum Gasteiger partial charge on any atom is 0.233 e. The Hall–Kier alpha value is -1.02. The number of amides is 1. The molecular formula is C13H16Cl2N4O2S. The van der Waals surface area contributed by atoms with Gasteiger partial charge in [-0.05, 0) is 19.4 Å². The molecule has 0 saturated heterocycles. The minimum Gasteiger partial charge on any atom is -0.385 e. The Bertz CT molecular complexity index is 665. The van der Waals surface area contributed by atoms with Crippen molar-refractivity contribution in [2.24, 2.45) is 0 Å². The van der Waals surface area contributed by atoms with Crippen molar-refractivity contribution in [1.82, 2.24) is 19.9 Å². The van der Waals surface area contributed by atoms with Crippen LogP contribution in [0.15, 0.2) is 17.4 Å². The van der Waals surface area contributed by atoms with E-state index in [1.54, 1.807) is 23.8 Å². The number of thioether (sulfide) groups is 1. The van der Waals surface area contributed by atoms with Crippen LogP contribution in [0, 0.1) is 0 Å². The van der Waals surface area contributed by atoms with E-state index in [0.29, 0.717) is 34.0 Å². The molecule has 2 aromatic heterocycles. The lowest BCUT2D eigenvalue weighted by Crippen LogP contribution is -2.32. The average Bonchev–Trinajstić information content (AvgIpc) is 2.86. The zero-order valence-electron chi connectivity index (χ0n) is 12.2. The van der Waals surface area contributed by atoms with E-state index in [4.69, 9.17) is 27.9 Å². The van der Waals surface area contributed by atoms with Gasteiger partial charge in [-0.25, -0.2) is 0 Å². The predicted octanol–water partition coefficient (Wildman–Crippen LogP) is 2.67. The third-order valence-corrected chi connectivity index (χ3v) is 4.41. The summed E-state index contributed by atoms with van der Waals surface area (Å²) in [5, 5.41) is 12.1. The minimum absolute atomic E-state index is 0.0639. The largest absolute Gasteiger partial charge is 0.385 e. The van der Waals surface area contributed by atoms with Crippen molar-refractivity contribution in [3.8, 4) is 0 Å². The summed E-state index contributed by atoms with van der Waals surface area (Å²) in [6.07, 6.45) is 2.45. The topological polar surface area (TPSA) is 68.5 Å². The lowest BCUT2D eigenvalue weighted by Gasteiger charge is -2.10. The molecule has 22 heavy (non-hydrogen) atoms. The number of rotatable bonds is 7. The molecule has 2 aromatic rings. The van der Waals surface area contributed by atoms with Crippen LogP contribution >= 0.6 is 35.0 Å². The van der Waals surface area contributed by atoms with Crippen molar-refractivity contribution < 1.29 is 9.53 Å². The normalized spacial score (nSPS) is 12.5. The highest BCUT2D eigenvalue weighted by Crippen LogP contribution is 2.27. The van der Waals surface area contributed by atoms with Crippen LogP contribution in [-0.2, 0) is 9.53 Å². The van der Waals surface area contributed by atoms with E-state index >= 15 is 0 Å². The molecule has 0 radical (unpaired) electrons. The Morgan fingerprint density at radius 3 is 3.00 bits per heavy atom. The van der Waals surface area contributed by atoms with Crippen molar-refractivity contribution in [3.05, 3.63) is 22.3 Å². The number of aromatic nitrogens is 3. The Morgan fingerprint density at radius 1 is 1.50 bits per heavy atom. The first-order valence-electron chi connectivity index (χ1n) is 6.66. The fourth-order valence-corrected chi connectivity index (χ4v) is 3.12. The molecule has 1 atom stereocenters. The van der Waals surface area contributed by atoms with Gasteiger partial charge in [-0.2, -0.15) is 0 Å². The predicted molar refractivity (Wildman–Crippen MR) is 87.8 cm³/mol. The standard InChI is InChI=1S/C13H16Cl2N4O2S/c1-8(12(20)16-4-3-5-21-2)22-13-18-17-11-10(15)6-9(14)7-19(11)13/h6-8H,3-5H2,1-2H3,(H,16,20). The highest BCUT2D eigenvalue weighted by molar-refractivity contribution is 8.00. The Balaban J connectivity index is 2.02. The molecule has 0 aromatic carbocycles. The number of hydrogen-bond donors (Lipinski definition) is 1. The maximum absolute atomic E-state index is 12.0. The van der Waals surface area contributed by atoms with Gasteiger partial charge >= 0.3 is 0 Å². The highest BCUT2D eigenvalue weighted by Gasteiger charge is 2.18. The van der Waals surface area contributed by atoms with E-state index in [-0.39, 0.29) is 11.2 Å². The van der Waals surface area contributed by atoms with E-state index in [1.807, 2.05) is 6.92 Å². The SMILES string of the molecule is COCCCNC(=O)C(C)Sc1nnc2c(Cl)cc(Cl)cn12. The average molecular weight is 363 g/mol. The number of nitrogens with zero attached hydrogens (tertiary/aromatic N) is 3. The summed E-state index contributed by atoms with van der Waals surface area (Å²) in [7, 11) is 1.63. The molecule has 0 aliphatic carbocycles. The number of hydrogen-bond acceptors (Lipinski definition) is 5. The van der Waals surface area contributed by atoms with Crippen LogP contribution in [0.3, 0.4) is 0 Å². The van der Waals surface area contributed by atoms with Gasteiger partial charge < -0.3 is 10.1 Å². The van der Waals surface area contributed by atoms with Gasteiger partial charge in [0.2, 0.25) is 5.91 Å². The zero-order chi connectivity index (χ0) is 16.1. The Morgan fingerprint density at radius 2 is 2.27 bits per heavy atom. The van der Waals surface area contributed by atoms with Gasteiger partial charge in [-0.1, -0.05) is 35.0 Å². The van der Waals surface area contributed by atoms with Gasteiger partial charge in [0.05, 0.1) is 15.3 Å². The molecule has 2 rings (SSSR count). The summed E-state index contributed by atoms with van der Waals surface area (Å²) in [4.78, 5) is 12.0. The van der Waals surface area contributed by atoms with Crippen molar-refractivity contribution in [2.75, 3.05) is 20.3 Å². The molecule has 0 fully saturated rings. The van der Waals surface area contributed by atoms with Crippen LogP contribution < -0.4 is 5.32 Å². The number of carbonyl (C=O) groups excluding carboxylic acids is 1. The first kappa shape index (κ1) is 17.3. The highest BCUT2D eigenvalue weighted by atomic mass is 35.5. The molecule has 120 valence electrons. The zero-order valence-corrected chi connectivity index (χ0v) is 14.5. The molecular weight excluding hydrogens is 347 g/mol. The van der Waals surface area contributed by atoms with E-state index < -0.39 is 0 Å². The van der Waals surface area contributed by atoms with Crippen LogP contribution in [0.4, 0.5) is 0 Å². The third-order valence-electron chi connectivity index (χ3n) is 2.87. The van der Waals surface area contributed by atoms with Crippen LogP contribution in [0.25, 0.3) is 5.65 Å². The summed E-state index contributed by atoms with van der Waals surface area (Å²) in [6, 6.07) is 1.60. The van der Waals surface area contributed by atoms with Crippen molar-refractivity contribution in [1.29, 1.82) is 0 Å². The van der Waals surface area contributed by atoms with Crippen molar-refractivity contribution in [2.45, 2.75) is 23.8 Å². The molecule has 0 saturated carbocycles. The van der Waals surface area contributed by atoms with Crippen molar-refractivity contribution in [3.63, 3.8) is 0 Å². The van der Waals surface area contributed by atoms with Crippen LogP contribution in [0.1, 0.15) is 13.3 Å². The molecule has 2 heterocycles. The Kier molecular flexibility index (Phi) is 6.31. The summed E-state index contributed by atoms with van der Waals surface area (Å²) >= 11 is 13.4. The quantitative estimate of drug-likeness (QED) is 0.605. The van der Waals surface area contributed by atoms with Gasteiger partial charge in [0.15, 0.2) is 10.8 Å². The lowest BCUT2D eigenvalue weighted by atomic mass is 10.4. The summed E-state index contributed by atoms with van der Waals surface area (Å²) < 4.78 is 6.62. The number of fused-ring (bicyclic) bond motifs is 1. The van der Waals surface area contributed by atoms with Gasteiger partial charge in [-0.3, -0.25) is 9.20 Å². The first-order valence-corrected chi connectivity index (χ1v) is 8.29. The molecule has 0 spiro atoms. The number of pyridine rings is 1. The number of halogens is 2. The van der Waals surface area contributed by atoms with Gasteiger partial charge in [0.25, 0.3) is 0 Å². The molecule has 6 nitrogen and oxygen atoms in total. The molecule has 1 unspecified atom stereocenters. The van der Waals surface area contributed by atoms with Gasteiger partial charge in [0.1, 0.15) is 0 Å². The van der Waals surface area contributed by atoms with Crippen molar-refractivity contribution >= 4 is 46.5 Å². The molecule has 1 amide bonds. The minimum atomic E-state index is -0.312. The first-order chi connectivity index (χ1) is 10.5. The number of ether oxygens (including phenoxy) is 1. The molecule has 0 bridgehead atoms. The van der Waals surface area contributed by atoms with Gasteiger partial charge in [-0.15, -0.1) is 10.2 Å². The van der Waals surface area contributed by atoms with E-state index in [0.717, 1.165) is 6.42 Å². The monoisotopic (exact) mass is 362 g/mol. The van der Waals surface area contributed by atoms with Crippen LogP contribution in [0.2, 0.25) is 10.0 Å². The van der Waals surface area contributed by atoms with E-state index in [1.165, 1.54) is 11.8 Å². The van der Waals surface area contributed by atoms with E-state index in [9.17, 15) is 4.79 Å². The Labute approximate surface area is 142 Å². The van der Waals surface area contributed by atoms with Gasteiger partial charge in [0, 0.05) is 26.5 Å². The molecule has 9 heteroatoms. The van der Waals surface area contributed by atoms with Crippen LogP contribution in [-0.4, -0.2) is 46.0 Å². The number of methoxy groups -OCH3 is 1. The third kappa shape index (κ3) is 4.25. The molecule has 0 aliphatic rings. The fourth-order valence-electron chi connectivity index (χ4n) is 1.77. The number of nitrogens with one attached hydrogen (secondary N) is 1. The second-order valence-electron chi connectivity index (χ2n) is 4.58. The summed E-state index contributed by atoms with van der Waals surface area (Å²) in [6.45, 7) is 3.01. The summed E-state index contributed by atoms with van der Waals surface area (Å²) in [5.41, 5.74) is 0.515. The van der Waals surface area contributed by atoms with Crippen LogP contribution in [0.5, 0.6) is 0 Å². The number of carbonyl (C=O) groups is 1. The van der Waals surface area contributed by atoms with E-state index in [2.05, 4.69) is 15.5 Å². The second kappa shape index (κ2) is 8.01. The lowest BCUT2D eigenvalue weighted by molar-refractivity contribution is -0.120.